The summed E-state index contributed by atoms with van der Waals surface area (Å²) >= 11 is 0. The predicted molar refractivity (Wildman–Crippen MR) is 105 cm³/mol. The third-order valence-corrected chi connectivity index (χ3v) is 6.09. The van der Waals surface area contributed by atoms with Crippen LogP contribution >= 0.6 is 0 Å². The maximum atomic E-state index is 2.47. The summed E-state index contributed by atoms with van der Waals surface area (Å²) in [5.74, 6) is 0.619. The van der Waals surface area contributed by atoms with Gasteiger partial charge in [-0.05, 0) is 63.4 Å². The van der Waals surface area contributed by atoms with E-state index >= 15 is 0 Å². The SMILES string of the molecule is CCC(C)c1ccc2c(c1)C(C)(C)c1cc(C)c3ccccc3c1-2. The Morgan fingerprint density at radius 2 is 1.62 bits per heavy atom. The Morgan fingerprint density at radius 3 is 2.33 bits per heavy atom. The topological polar surface area (TPSA) is 0 Å². The average molecular weight is 314 g/mol. The predicted octanol–water partition coefficient (Wildman–Crippen LogP) is 6.97. The summed E-state index contributed by atoms with van der Waals surface area (Å²) in [6.45, 7) is 11.6. The van der Waals surface area contributed by atoms with Crippen molar-refractivity contribution in [2.45, 2.75) is 52.4 Å². The molecular formula is C24H26. The third-order valence-electron chi connectivity index (χ3n) is 6.09. The molecule has 1 atom stereocenters. The molecule has 0 aromatic heterocycles. The van der Waals surface area contributed by atoms with E-state index in [-0.39, 0.29) is 5.41 Å². The fraction of sp³-hybridized carbons (Fsp3) is 0.333. The van der Waals surface area contributed by atoms with Gasteiger partial charge in [-0.1, -0.05) is 76.2 Å². The largest absolute Gasteiger partial charge is 0.0648 e. The lowest BCUT2D eigenvalue weighted by molar-refractivity contribution is 0.654. The first kappa shape index (κ1) is 15.4. The first-order chi connectivity index (χ1) is 11.4. The molecular weight excluding hydrogens is 288 g/mol. The van der Waals surface area contributed by atoms with Crippen molar-refractivity contribution in [3.63, 3.8) is 0 Å². The highest BCUT2D eigenvalue weighted by Crippen LogP contribution is 2.52. The Kier molecular flexibility index (Phi) is 3.35. The lowest BCUT2D eigenvalue weighted by Crippen LogP contribution is -2.15. The number of aryl methyl sites for hydroxylation is 1. The van der Waals surface area contributed by atoms with E-state index in [9.17, 15) is 0 Å². The van der Waals surface area contributed by atoms with E-state index in [1.165, 1.54) is 50.6 Å². The Hall–Kier alpha value is -2.08. The maximum Gasteiger partial charge on any atom is 0.0159 e. The van der Waals surface area contributed by atoms with Crippen LogP contribution in [0.2, 0.25) is 0 Å². The highest BCUT2D eigenvalue weighted by atomic mass is 14.4. The first-order valence-electron chi connectivity index (χ1n) is 9.12. The Balaban J connectivity index is 2.07. The minimum absolute atomic E-state index is 0.0724. The highest BCUT2D eigenvalue weighted by molar-refractivity contribution is 6.03. The molecule has 0 nitrogen and oxygen atoms in total. The lowest BCUT2D eigenvalue weighted by Gasteiger charge is -2.23. The van der Waals surface area contributed by atoms with Crippen molar-refractivity contribution in [2.75, 3.05) is 0 Å². The zero-order valence-corrected chi connectivity index (χ0v) is 15.4. The van der Waals surface area contributed by atoms with Crippen molar-refractivity contribution >= 4 is 10.8 Å². The van der Waals surface area contributed by atoms with Crippen LogP contribution in [-0.4, -0.2) is 0 Å². The first-order valence-corrected chi connectivity index (χ1v) is 9.12. The van der Waals surface area contributed by atoms with Gasteiger partial charge in [0.1, 0.15) is 0 Å². The van der Waals surface area contributed by atoms with Gasteiger partial charge in [-0.15, -0.1) is 0 Å². The molecule has 0 spiro atoms. The van der Waals surface area contributed by atoms with Gasteiger partial charge in [-0.3, -0.25) is 0 Å². The molecule has 0 amide bonds. The molecule has 0 saturated carbocycles. The van der Waals surface area contributed by atoms with E-state index in [1.54, 1.807) is 0 Å². The van der Waals surface area contributed by atoms with Crippen LogP contribution in [0.4, 0.5) is 0 Å². The van der Waals surface area contributed by atoms with Crippen LogP contribution in [-0.2, 0) is 5.41 Å². The fourth-order valence-electron chi connectivity index (χ4n) is 4.32. The maximum absolute atomic E-state index is 2.47. The Bertz CT molecular complexity index is 944. The molecule has 1 aliphatic rings. The summed E-state index contributed by atoms with van der Waals surface area (Å²) < 4.78 is 0. The number of benzene rings is 3. The van der Waals surface area contributed by atoms with E-state index in [4.69, 9.17) is 0 Å². The van der Waals surface area contributed by atoms with Gasteiger partial charge in [0.2, 0.25) is 0 Å². The van der Waals surface area contributed by atoms with Gasteiger partial charge in [0.15, 0.2) is 0 Å². The van der Waals surface area contributed by atoms with Gasteiger partial charge in [-0.25, -0.2) is 0 Å². The quantitative estimate of drug-likeness (QED) is 0.479. The van der Waals surface area contributed by atoms with Gasteiger partial charge < -0.3 is 0 Å². The third kappa shape index (κ3) is 1.99. The molecule has 24 heavy (non-hydrogen) atoms. The van der Waals surface area contributed by atoms with Gasteiger partial charge in [0.05, 0.1) is 0 Å². The molecule has 122 valence electrons. The van der Waals surface area contributed by atoms with E-state index in [2.05, 4.69) is 83.1 Å². The summed E-state index contributed by atoms with van der Waals surface area (Å²) in [7, 11) is 0. The van der Waals surface area contributed by atoms with Crippen molar-refractivity contribution in [3.05, 3.63) is 70.8 Å². The van der Waals surface area contributed by atoms with Crippen LogP contribution in [0.5, 0.6) is 0 Å². The molecule has 1 unspecified atom stereocenters. The van der Waals surface area contributed by atoms with Crippen molar-refractivity contribution in [1.82, 2.24) is 0 Å². The van der Waals surface area contributed by atoms with Crippen LogP contribution in [0.3, 0.4) is 0 Å². The van der Waals surface area contributed by atoms with Gasteiger partial charge in [0, 0.05) is 5.41 Å². The van der Waals surface area contributed by atoms with Crippen LogP contribution < -0.4 is 0 Å². The second kappa shape index (κ2) is 5.21. The molecule has 3 aromatic rings. The van der Waals surface area contributed by atoms with E-state index in [0.717, 1.165) is 0 Å². The molecule has 0 heteroatoms. The minimum atomic E-state index is 0.0724. The van der Waals surface area contributed by atoms with Gasteiger partial charge in [0.25, 0.3) is 0 Å². The zero-order valence-electron chi connectivity index (χ0n) is 15.4. The highest BCUT2D eigenvalue weighted by Gasteiger charge is 2.37. The Morgan fingerprint density at radius 1 is 0.917 bits per heavy atom. The number of fused-ring (bicyclic) bond motifs is 5. The van der Waals surface area contributed by atoms with Crippen LogP contribution in [0.1, 0.15) is 62.3 Å². The van der Waals surface area contributed by atoms with Crippen LogP contribution in [0.25, 0.3) is 21.9 Å². The van der Waals surface area contributed by atoms with Crippen molar-refractivity contribution in [3.8, 4) is 11.1 Å². The van der Waals surface area contributed by atoms with Crippen molar-refractivity contribution in [1.29, 1.82) is 0 Å². The summed E-state index contributed by atoms with van der Waals surface area (Å²) in [6.07, 6.45) is 1.19. The molecule has 0 fully saturated rings. The summed E-state index contributed by atoms with van der Waals surface area (Å²) in [4.78, 5) is 0. The summed E-state index contributed by atoms with van der Waals surface area (Å²) in [5, 5.41) is 2.78. The molecule has 0 radical (unpaired) electrons. The summed E-state index contributed by atoms with van der Waals surface area (Å²) in [6, 6.07) is 18.4. The van der Waals surface area contributed by atoms with Crippen LogP contribution in [0, 0.1) is 6.92 Å². The molecule has 0 aliphatic heterocycles. The number of rotatable bonds is 2. The molecule has 3 aromatic carbocycles. The van der Waals surface area contributed by atoms with Crippen molar-refractivity contribution in [2.24, 2.45) is 0 Å². The monoisotopic (exact) mass is 314 g/mol. The zero-order chi connectivity index (χ0) is 17.1. The Labute approximate surface area is 145 Å². The molecule has 1 aliphatic carbocycles. The van der Waals surface area contributed by atoms with Crippen molar-refractivity contribution < 1.29 is 0 Å². The molecule has 4 rings (SSSR count). The van der Waals surface area contributed by atoms with E-state index in [1.807, 2.05) is 0 Å². The molecule has 0 N–H and O–H groups in total. The van der Waals surface area contributed by atoms with Crippen LogP contribution in [0.15, 0.2) is 48.5 Å². The lowest BCUT2D eigenvalue weighted by atomic mass is 9.80. The van der Waals surface area contributed by atoms with Gasteiger partial charge in [-0.2, -0.15) is 0 Å². The molecule has 0 heterocycles. The number of hydrogen-bond acceptors (Lipinski definition) is 0. The van der Waals surface area contributed by atoms with Gasteiger partial charge >= 0.3 is 0 Å². The molecule has 0 bridgehead atoms. The standard InChI is InChI=1S/C24H26/c1-6-15(2)17-11-12-20-21(14-17)24(4,5)22-13-16(3)18-9-7-8-10-19(18)23(20)22/h7-15H,6H2,1-5H3. The average Bonchev–Trinajstić information content (AvgIpc) is 2.82. The molecule has 0 saturated heterocycles. The second-order valence-corrected chi connectivity index (χ2v) is 7.90. The van der Waals surface area contributed by atoms with E-state index in [0.29, 0.717) is 5.92 Å². The normalized spacial score (nSPS) is 16.0. The smallest absolute Gasteiger partial charge is 0.0159 e. The fourth-order valence-corrected chi connectivity index (χ4v) is 4.32. The summed E-state index contributed by atoms with van der Waals surface area (Å²) in [5.41, 5.74) is 8.78. The second-order valence-electron chi connectivity index (χ2n) is 7.90. The minimum Gasteiger partial charge on any atom is -0.0648 e. The van der Waals surface area contributed by atoms with E-state index < -0.39 is 0 Å². The number of hydrogen-bond donors (Lipinski definition) is 0.